The van der Waals surface area contributed by atoms with Gasteiger partial charge in [-0.25, -0.2) is 8.42 Å². The Morgan fingerprint density at radius 3 is 2.90 bits per heavy atom. The van der Waals surface area contributed by atoms with Crippen molar-refractivity contribution in [3.8, 4) is 0 Å². The van der Waals surface area contributed by atoms with Crippen molar-refractivity contribution in [2.75, 3.05) is 39.5 Å². The smallest absolute Gasteiger partial charge is 0.254 e. The van der Waals surface area contributed by atoms with E-state index in [1.165, 1.54) is 12.1 Å². The number of morpholine rings is 1. The molecule has 6 nitrogen and oxygen atoms in total. The molecule has 7 heteroatoms. The molecule has 1 fully saturated rings. The number of benzene rings is 1. The summed E-state index contributed by atoms with van der Waals surface area (Å²) in [4.78, 5) is 14.3. The molecule has 0 saturated carbocycles. The lowest BCUT2D eigenvalue weighted by molar-refractivity contribution is -0.0196. The molecule has 0 aromatic heterocycles. The van der Waals surface area contributed by atoms with Crippen LogP contribution in [0.15, 0.2) is 29.2 Å². The van der Waals surface area contributed by atoms with Gasteiger partial charge >= 0.3 is 0 Å². The molecule has 21 heavy (non-hydrogen) atoms. The number of carbonyl (C=O) groups is 1. The van der Waals surface area contributed by atoms with Gasteiger partial charge in [-0.15, -0.1) is 0 Å². The van der Waals surface area contributed by atoms with Crippen LogP contribution in [0.1, 0.15) is 10.4 Å². The monoisotopic (exact) mass is 312 g/mol. The topological polar surface area (TPSA) is 75.7 Å². The number of rotatable bonds is 4. The van der Waals surface area contributed by atoms with E-state index >= 15 is 0 Å². The first-order chi connectivity index (χ1) is 9.91. The molecule has 2 rings (SSSR count). The summed E-state index contributed by atoms with van der Waals surface area (Å²) in [6.07, 6.45) is 1.10. The maximum atomic E-state index is 12.5. The second-order valence-electron chi connectivity index (χ2n) is 5.10. The molecule has 1 aliphatic rings. The van der Waals surface area contributed by atoms with E-state index in [0.717, 1.165) is 6.26 Å². The molecule has 0 aliphatic carbocycles. The van der Waals surface area contributed by atoms with E-state index in [9.17, 15) is 13.2 Å². The largest absolute Gasteiger partial charge is 0.373 e. The first kappa shape index (κ1) is 15.9. The molecule has 1 atom stereocenters. The SMILES string of the molecule is CNCC1CN(C(=O)c2cccc(S(C)(=O)=O)c2)CCO1. The van der Waals surface area contributed by atoms with Crippen LogP contribution in [0.3, 0.4) is 0 Å². The van der Waals surface area contributed by atoms with Crippen LogP contribution in [0.4, 0.5) is 0 Å². The summed E-state index contributed by atoms with van der Waals surface area (Å²) in [5.74, 6) is -0.162. The summed E-state index contributed by atoms with van der Waals surface area (Å²) in [7, 11) is -1.48. The number of amides is 1. The number of carbonyl (C=O) groups excluding carboxylic acids is 1. The molecular formula is C14H20N2O4S. The second kappa shape index (κ2) is 6.55. The predicted octanol–water partition coefficient (Wildman–Crippen LogP) is 0.151. The Morgan fingerprint density at radius 1 is 1.48 bits per heavy atom. The van der Waals surface area contributed by atoms with Crippen LogP contribution in [-0.2, 0) is 14.6 Å². The van der Waals surface area contributed by atoms with E-state index in [-0.39, 0.29) is 16.9 Å². The summed E-state index contributed by atoms with van der Waals surface area (Å²) < 4.78 is 28.7. The molecule has 0 radical (unpaired) electrons. The highest BCUT2D eigenvalue weighted by molar-refractivity contribution is 7.90. The fourth-order valence-electron chi connectivity index (χ4n) is 2.30. The number of sulfone groups is 1. The number of hydrogen-bond donors (Lipinski definition) is 1. The van der Waals surface area contributed by atoms with E-state index in [1.807, 2.05) is 7.05 Å². The van der Waals surface area contributed by atoms with Crippen molar-refractivity contribution >= 4 is 15.7 Å². The van der Waals surface area contributed by atoms with E-state index in [1.54, 1.807) is 17.0 Å². The van der Waals surface area contributed by atoms with Gasteiger partial charge in [-0.3, -0.25) is 4.79 Å². The van der Waals surface area contributed by atoms with Crippen molar-refractivity contribution < 1.29 is 17.9 Å². The zero-order valence-electron chi connectivity index (χ0n) is 12.2. The molecule has 116 valence electrons. The van der Waals surface area contributed by atoms with Crippen LogP contribution in [-0.4, -0.2) is 64.9 Å². The number of nitrogens with zero attached hydrogens (tertiary/aromatic N) is 1. The molecule has 1 heterocycles. The van der Waals surface area contributed by atoms with Gasteiger partial charge in [0.05, 0.1) is 17.6 Å². The number of nitrogens with one attached hydrogen (secondary N) is 1. The summed E-state index contributed by atoms with van der Waals surface area (Å²) in [6.45, 7) is 2.18. The average Bonchev–Trinajstić information content (AvgIpc) is 2.46. The highest BCUT2D eigenvalue weighted by Gasteiger charge is 2.25. The summed E-state index contributed by atoms with van der Waals surface area (Å²) in [5.41, 5.74) is 0.392. The normalized spacial score (nSPS) is 19.5. The molecule has 0 bridgehead atoms. The van der Waals surface area contributed by atoms with E-state index in [0.29, 0.717) is 31.8 Å². The molecule has 0 spiro atoms. The van der Waals surface area contributed by atoms with E-state index < -0.39 is 9.84 Å². The Kier molecular flexibility index (Phi) is 4.97. The van der Waals surface area contributed by atoms with Gasteiger partial charge in [-0.1, -0.05) is 6.07 Å². The zero-order chi connectivity index (χ0) is 15.5. The molecule has 1 aromatic rings. The molecule has 1 unspecified atom stereocenters. The van der Waals surface area contributed by atoms with Crippen molar-refractivity contribution in [1.82, 2.24) is 10.2 Å². The van der Waals surface area contributed by atoms with Crippen LogP contribution >= 0.6 is 0 Å². The highest BCUT2D eigenvalue weighted by atomic mass is 32.2. The predicted molar refractivity (Wildman–Crippen MR) is 79.1 cm³/mol. The second-order valence-corrected chi connectivity index (χ2v) is 7.12. The summed E-state index contributed by atoms with van der Waals surface area (Å²) in [6, 6.07) is 6.16. The third-order valence-electron chi connectivity index (χ3n) is 3.37. The van der Waals surface area contributed by atoms with Crippen molar-refractivity contribution in [3.05, 3.63) is 29.8 Å². The molecule has 1 N–H and O–H groups in total. The molecular weight excluding hydrogens is 292 g/mol. The lowest BCUT2D eigenvalue weighted by Crippen LogP contribution is -2.48. The number of ether oxygens (including phenoxy) is 1. The van der Waals surface area contributed by atoms with E-state index in [4.69, 9.17) is 4.74 Å². The third kappa shape index (κ3) is 4.03. The first-order valence-electron chi connectivity index (χ1n) is 6.77. The standard InChI is InChI=1S/C14H20N2O4S/c1-15-9-12-10-16(6-7-20-12)14(17)11-4-3-5-13(8-11)21(2,18)19/h3-5,8,12,15H,6-7,9-10H2,1-2H3. The van der Waals surface area contributed by atoms with Gasteiger partial charge in [0.2, 0.25) is 0 Å². The Hall–Kier alpha value is -1.44. The summed E-state index contributed by atoms with van der Waals surface area (Å²) in [5, 5.41) is 3.02. The van der Waals surface area contributed by atoms with Crippen LogP contribution in [0.5, 0.6) is 0 Å². The Labute approximate surface area is 125 Å². The fourth-order valence-corrected chi connectivity index (χ4v) is 2.96. The molecule has 1 amide bonds. The minimum absolute atomic E-state index is 0.0363. The van der Waals surface area contributed by atoms with Gasteiger partial charge in [0.1, 0.15) is 0 Å². The maximum absolute atomic E-state index is 12.5. The van der Waals surface area contributed by atoms with Crippen LogP contribution < -0.4 is 5.32 Å². The van der Waals surface area contributed by atoms with Crippen molar-refractivity contribution in [3.63, 3.8) is 0 Å². The molecule has 1 saturated heterocycles. The van der Waals surface area contributed by atoms with Gasteiger partial charge < -0.3 is 15.0 Å². The first-order valence-corrected chi connectivity index (χ1v) is 8.66. The van der Waals surface area contributed by atoms with Crippen molar-refractivity contribution in [1.29, 1.82) is 0 Å². The lowest BCUT2D eigenvalue weighted by atomic mass is 10.1. The fraction of sp³-hybridized carbons (Fsp3) is 0.500. The van der Waals surface area contributed by atoms with Crippen molar-refractivity contribution in [2.24, 2.45) is 0 Å². The Bertz CT molecular complexity index is 613. The van der Waals surface area contributed by atoms with Crippen LogP contribution in [0.2, 0.25) is 0 Å². The van der Waals surface area contributed by atoms with Crippen LogP contribution in [0, 0.1) is 0 Å². The summed E-state index contributed by atoms with van der Waals surface area (Å²) >= 11 is 0. The maximum Gasteiger partial charge on any atom is 0.254 e. The van der Waals surface area contributed by atoms with Crippen LogP contribution in [0.25, 0.3) is 0 Å². The average molecular weight is 312 g/mol. The minimum Gasteiger partial charge on any atom is -0.373 e. The number of hydrogen-bond acceptors (Lipinski definition) is 5. The van der Waals surface area contributed by atoms with Gasteiger partial charge in [0, 0.05) is 31.5 Å². The Morgan fingerprint density at radius 2 is 2.24 bits per heavy atom. The zero-order valence-corrected chi connectivity index (χ0v) is 13.0. The van der Waals surface area contributed by atoms with Gasteiger partial charge in [0.25, 0.3) is 5.91 Å². The van der Waals surface area contributed by atoms with Gasteiger partial charge in [-0.2, -0.15) is 0 Å². The highest BCUT2D eigenvalue weighted by Crippen LogP contribution is 2.15. The Balaban J connectivity index is 2.16. The minimum atomic E-state index is -3.31. The van der Waals surface area contributed by atoms with Gasteiger partial charge in [-0.05, 0) is 25.2 Å². The molecule has 1 aromatic carbocycles. The third-order valence-corrected chi connectivity index (χ3v) is 4.48. The van der Waals surface area contributed by atoms with Gasteiger partial charge in [0.15, 0.2) is 9.84 Å². The van der Waals surface area contributed by atoms with E-state index in [2.05, 4.69) is 5.32 Å². The lowest BCUT2D eigenvalue weighted by Gasteiger charge is -2.33. The quantitative estimate of drug-likeness (QED) is 0.856. The molecule has 1 aliphatic heterocycles. The number of likely N-dealkylation sites (N-methyl/N-ethyl adjacent to an activating group) is 1. The van der Waals surface area contributed by atoms with Crippen molar-refractivity contribution in [2.45, 2.75) is 11.0 Å².